The van der Waals surface area contributed by atoms with E-state index in [1.807, 2.05) is 13.8 Å². The molecule has 0 aromatic heterocycles. The minimum absolute atomic E-state index is 0.0402. The Kier molecular flexibility index (Phi) is 12.0. The largest absolute Gasteiger partial charge is 0.397 e. The van der Waals surface area contributed by atoms with E-state index >= 15 is 0 Å². The molecule has 0 bridgehead atoms. The molecule has 0 radical (unpaired) electrons. The summed E-state index contributed by atoms with van der Waals surface area (Å²) in [6.07, 6.45) is 15.5. The number of para-hydroxylation sites is 2. The van der Waals surface area contributed by atoms with Crippen LogP contribution < -0.4 is 21.4 Å². The molecule has 0 fully saturated rings. The average molecular weight is 680 g/mol. The van der Waals surface area contributed by atoms with Crippen molar-refractivity contribution in [1.82, 2.24) is 5.01 Å². The van der Waals surface area contributed by atoms with E-state index in [4.69, 9.17) is 21.1 Å². The van der Waals surface area contributed by atoms with Crippen molar-refractivity contribution in [3.63, 3.8) is 0 Å². The third-order valence-electron chi connectivity index (χ3n) is 10.6. The summed E-state index contributed by atoms with van der Waals surface area (Å²) < 4.78 is 11.7. The highest BCUT2D eigenvalue weighted by molar-refractivity contribution is 5.71. The van der Waals surface area contributed by atoms with Gasteiger partial charge in [-0.25, -0.2) is 5.84 Å². The standard InChI is InChI=1S/C43H61N5O2/c1-9-28-46-36-22-15-13-20-33(36)42(5,6)38(46)26-24-31-18-17-19-32(40(31)48(45)30-35(44)41(49-11-3)50-12-4)25-27-39-43(7,8)34-21-14-16-23-37(34)47(39)29-10-2/h13-16,20-27,30,38,41H,9-12,17-19,28-29,44-45H2,1-8H3/b26-24+,32-25+,35-30-,39-27+. The fraction of sp³-hybridized carbons (Fsp3) is 0.488. The summed E-state index contributed by atoms with van der Waals surface area (Å²) in [6, 6.07) is 17.9. The Morgan fingerprint density at radius 3 is 2.18 bits per heavy atom. The summed E-state index contributed by atoms with van der Waals surface area (Å²) in [5.74, 6) is 7.01. The smallest absolute Gasteiger partial charge is 0.199 e. The molecule has 2 aliphatic heterocycles. The van der Waals surface area contributed by atoms with Crippen molar-refractivity contribution in [2.45, 2.75) is 111 Å². The number of benzene rings is 2. The predicted octanol–water partition coefficient (Wildman–Crippen LogP) is 8.95. The summed E-state index contributed by atoms with van der Waals surface area (Å²) in [5.41, 5.74) is 17.0. The van der Waals surface area contributed by atoms with Gasteiger partial charge in [0.2, 0.25) is 0 Å². The van der Waals surface area contributed by atoms with Crippen LogP contribution in [0, 0.1) is 0 Å². The quantitative estimate of drug-likeness (QED) is 0.117. The van der Waals surface area contributed by atoms with Crippen LogP contribution in [0.3, 0.4) is 0 Å². The summed E-state index contributed by atoms with van der Waals surface area (Å²) >= 11 is 0. The minimum atomic E-state index is -0.658. The Balaban J connectivity index is 1.61. The van der Waals surface area contributed by atoms with Crippen molar-refractivity contribution in [1.29, 1.82) is 0 Å². The number of fused-ring (bicyclic) bond motifs is 2. The number of hydrazine groups is 1. The zero-order valence-electron chi connectivity index (χ0n) is 31.8. The van der Waals surface area contributed by atoms with Gasteiger partial charge in [0, 0.05) is 60.4 Å². The Morgan fingerprint density at radius 2 is 1.52 bits per heavy atom. The van der Waals surface area contributed by atoms with Crippen LogP contribution in [0.5, 0.6) is 0 Å². The van der Waals surface area contributed by atoms with Gasteiger partial charge in [0.15, 0.2) is 6.29 Å². The Morgan fingerprint density at radius 1 is 0.880 bits per heavy atom. The summed E-state index contributed by atoms with van der Waals surface area (Å²) in [5, 5.41) is 1.71. The van der Waals surface area contributed by atoms with Crippen LogP contribution in [0.4, 0.5) is 11.4 Å². The third-order valence-corrected chi connectivity index (χ3v) is 10.6. The Labute approximate surface area is 301 Å². The molecule has 1 unspecified atom stereocenters. The van der Waals surface area contributed by atoms with Crippen LogP contribution >= 0.6 is 0 Å². The van der Waals surface area contributed by atoms with E-state index < -0.39 is 6.29 Å². The lowest BCUT2D eigenvalue weighted by Crippen LogP contribution is -2.40. The highest BCUT2D eigenvalue weighted by atomic mass is 16.7. The molecule has 2 aromatic carbocycles. The molecule has 3 aliphatic rings. The van der Waals surface area contributed by atoms with Gasteiger partial charge in [0.05, 0.1) is 17.4 Å². The first-order valence-electron chi connectivity index (χ1n) is 18.8. The fourth-order valence-corrected chi connectivity index (χ4v) is 8.20. The van der Waals surface area contributed by atoms with Crippen LogP contribution in [0.25, 0.3) is 0 Å². The van der Waals surface area contributed by atoms with E-state index in [1.165, 1.54) is 39.3 Å². The van der Waals surface area contributed by atoms with Crippen molar-refractivity contribution >= 4 is 11.4 Å². The van der Waals surface area contributed by atoms with E-state index in [1.54, 1.807) is 11.2 Å². The van der Waals surface area contributed by atoms with Crippen LogP contribution in [0.2, 0.25) is 0 Å². The Hall–Kier alpha value is -3.78. The lowest BCUT2D eigenvalue weighted by molar-refractivity contribution is -0.112. The number of hydrogen-bond donors (Lipinski definition) is 2. The van der Waals surface area contributed by atoms with E-state index in [-0.39, 0.29) is 16.9 Å². The van der Waals surface area contributed by atoms with Crippen LogP contribution in [0.15, 0.2) is 107 Å². The molecule has 0 saturated heterocycles. The van der Waals surface area contributed by atoms with Gasteiger partial charge in [0.1, 0.15) is 0 Å². The first kappa shape index (κ1) is 37.5. The fourth-order valence-electron chi connectivity index (χ4n) is 8.20. The molecule has 1 atom stereocenters. The third kappa shape index (κ3) is 7.32. The lowest BCUT2D eigenvalue weighted by Gasteiger charge is -2.33. The second kappa shape index (κ2) is 16.1. The maximum absolute atomic E-state index is 7.01. The van der Waals surface area contributed by atoms with E-state index in [2.05, 4.69) is 124 Å². The molecule has 1 aliphatic carbocycles. The van der Waals surface area contributed by atoms with Gasteiger partial charge < -0.3 is 25.0 Å². The molecule has 0 saturated carbocycles. The maximum Gasteiger partial charge on any atom is 0.199 e. The van der Waals surface area contributed by atoms with E-state index in [0.29, 0.717) is 18.9 Å². The molecule has 0 spiro atoms. The van der Waals surface area contributed by atoms with Crippen LogP contribution in [0.1, 0.15) is 98.6 Å². The molecular weight excluding hydrogens is 619 g/mol. The van der Waals surface area contributed by atoms with Gasteiger partial charge in [0.25, 0.3) is 0 Å². The molecule has 7 heteroatoms. The molecule has 50 heavy (non-hydrogen) atoms. The van der Waals surface area contributed by atoms with Gasteiger partial charge in [-0.2, -0.15) is 0 Å². The van der Waals surface area contributed by atoms with Gasteiger partial charge >= 0.3 is 0 Å². The highest BCUT2D eigenvalue weighted by Crippen LogP contribution is 2.48. The molecule has 7 nitrogen and oxygen atoms in total. The van der Waals surface area contributed by atoms with E-state index in [0.717, 1.165) is 50.9 Å². The molecule has 2 heterocycles. The second-order valence-corrected chi connectivity index (χ2v) is 14.8. The summed E-state index contributed by atoms with van der Waals surface area (Å²) in [7, 11) is 0. The molecule has 2 aromatic rings. The van der Waals surface area contributed by atoms with Crippen molar-refractivity contribution in [3.8, 4) is 0 Å². The van der Waals surface area contributed by atoms with Crippen molar-refractivity contribution < 1.29 is 9.47 Å². The zero-order chi connectivity index (χ0) is 36.1. The number of nitrogens with two attached hydrogens (primary N) is 2. The topological polar surface area (TPSA) is 80.2 Å². The van der Waals surface area contributed by atoms with E-state index in [9.17, 15) is 0 Å². The second-order valence-electron chi connectivity index (χ2n) is 14.8. The van der Waals surface area contributed by atoms with Gasteiger partial charge in [-0.05, 0) is 86.4 Å². The van der Waals surface area contributed by atoms with Crippen LogP contribution in [-0.2, 0) is 20.3 Å². The van der Waals surface area contributed by atoms with Gasteiger partial charge in [-0.1, -0.05) is 96.2 Å². The Bertz CT molecular complexity index is 1640. The number of rotatable bonds is 14. The molecule has 270 valence electrons. The highest BCUT2D eigenvalue weighted by Gasteiger charge is 2.43. The van der Waals surface area contributed by atoms with Crippen LogP contribution in [-0.4, -0.2) is 43.6 Å². The van der Waals surface area contributed by atoms with Gasteiger partial charge in [-0.3, -0.25) is 5.01 Å². The molecule has 0 amide bonds. The number of hydrogen-bond acceptors (Lipinski definition) is 7. The monoisotopic (exact) mass is 679 g/mol. The SMILES string of the molecule is CCCN1/C(=C/C=C2\CCCC(/C=C/C3N(CCC)c4ccccc4C3(C)C)=C2N(N)/C=C(\N)C(OCC)OCC)C(C)(C)c2ccccc21. The molecule has 4 N–H and O–H groups in total. The van der Waals surface area contributed by atoms with Crippen molar-refractivity contribution in [2.24, 2.45) is 11.6 Å². The summed E-state index contributed by atoms with van der Waals surface area (Å²) in [4.78, 5) is 5.07. The average Bonchev–Trinajstić information content (AvgIpc) is 3.44. The molecular formula is C43H61N5O2. The summed E-state index contributed by atoms with van der Waals surface area (Å²) in [6.45, 7) is 20.7. The number of allylic oxidation sites excluding steroid dienone is 6. The number of ether oxygens (including phenoxy) is 2. The maximum atomic E-state index is 7.01. The normalized spacial score (nSPS) is 21.6. The lowest BCUT2D eigenvalue weighted by atomic mass is 9.80. The first-order chi connectivity index (χ1) is 24.0. The zero-order valence-corrected chi connectivity index (χ0v) is 31.8. The molecule has 5 rings (SSSR count). The minimum Gasteiger partial charge on any atom is -0.397 e. The number of anilines is 2. The predicted molar refractivity (Wildman–Crippen MR) is 210 cm³/mol. The van der Waals surface area contributed by atoms with Crippen molar-refractivity contribution in [3.05, 3.63) is 118 Å². The van der Waals surface area contributed by atoms with Crippen molar-refractivity contribution in [2.75, 3.05) is 36.1 Å². The van der Waals surface area contributed by atoms with Gasteiger partial charge in [-0.15, -0.1) is 0 Å². The number of nitrogens with zero attached hydrogens (tertiary/aromatic N) is 3. The first-order valence-corrected chi connectivity index (χ1v) is 18.8.